The van der Waals surface area contributed by atoms with E-state index in [0.717, 1.165) is 11.1 Å². The summed E-state index contributed by atoms with van der Waals surface area (Å²) in [5, 5.41) is 9.06. The minimum absolute atomic E-state index is 0.396. The van der Waals surface area contributed by atoms with Crippen molar-refractivity contribution in [1.82, 2.24) is 0 Å². The second-order valence-corrected chi connectivity index (χ2v) is 4.12. The van der Waals surface area contributed by atoms with Crippen LogP contribution in [-0.2, 0) is 12.5 Å². The highest BCUT2D eigenvalue weighted by atomic mass is 35.5. The molecule has 2 nitrogen and oxygen atoms in total. The molecule has 0 unspecified atom stereocenters. The Bertz CT molecular complexity index is 560. The van der Waals surface area contributed by atoms with Gasteiger partial charge in [0.2, 0.25) is 0 Å². The van der Waals surface area contributed by atoms with Crippen LogP contribution in [0.2, 0.25) is 0 Å². The minimum atomic E-state index is 0.396. The molecule has 0 fully saturated rings. The molecule has 0 atom stereocenters. The molecule has 90 valence electrons. The van der Waals surface area contributed by atoms with Crippen molar-refractivity contribution in [2.75, 3.05) is 0 Å². The summed E-state index contributed by atoms with van der Waals surface area (Å²) in [5.74, 6) is 0.989. The molecule has 0 saturated carbocycles. The Labute approximate surface area is 111 Å². The van der Waals surface area contributed by atoms with Crippen LogP contribution in [0, 0.1) is 11.3 Å². The molecule has 2 rings (SSSR count). The monoisotopic (exact) mass is 257 g/mol. The van der Waals surface area contributed by atoms with E-state index in [1.54, 1.807) is 12.1 Å². The van der Waals surface area contributed by atoms with E-state index in [1.807, 2.05) is 36.4 Å². The first kappa shape index (κ1) is 12.5. The second-order valence-electron chi connectivity index (χ2n) is 3.85. The molecule has 0 aliphatic rings. The van der Waals surface area contributed by atoms with Gasteiger partial charge in [0.1, 0.15) is 18.4 Å². The Morgan fingerprint density at radius 2 is 1.83 bits per heavy atom. The van der Waals surface area contributed by atoms with Gasteiger partial charge < -0.3 is 4.74 Å². The predicted molar refractivity (Wildman–Crippen MR) is 71.5 cm³/mol. The number of alkyl halides is 1. The number of hydrogen-bond donors (Lipinski definition) is 0. The maximum atomic E-state index is 9.06. The fourth-order valence-corrected chi connectivity index (χ4v) is 1.78. The van der Waals surface area contributed by atoms with Crippen molar-refractivity contribution >= 4 is 11.6 Å². The molecular formula is C15H12ClNO. The molecule has 0 saturated heterocycles. The summed E-state index contributed by atoms with van der Waals surface area (Å²) >= 11 is 5.73. The van der Waals surface area contributed by atoms with Crippen LogP contribution in [0.4, 0.5) is 0 Å². The molecule has 0 aromatic heterocycles. The van der Waals surface area contributed by atoms with Gasteiger partial charge in [-0.05, 0) is 23.3 Å². The lowest BCUT2D eigenvalue weighted by molar-refractivity contribution is 0.305. The smallest absolute Gasteiger partial charge is 0.137 e. The number of rotatable bonds is 4. The topological polar surface area (TPSA) is 33.0 Å². The van der Waals surface area contributed by atoms with E-state index in [4.69, 9.17) is 21.6 Å². The summed E-state index contributed by atoms with van der Waals surface area (Å²) in [5.41, 5.74) is 2.51. The summed E-state index contributed by atoms with van der Waals surface area (Å²) in [6.45, 7) is 0.454. The van der Waals surface area contributed by atoms with Gasteiger partial charge >= 0.3 is 0 Å². The van der Waals surface area contributed by atoms with Crippen LogP contribution in [0.3, 0.4) is 0 Å². The molecule has 0 heterocycles. The summed E-state index contributed by atoms with van der Waals surface area (Å²) < 4.78 is 5.65. The van der Waals surface area contributed by atoms with E-state index in [0.29, 0.717) is 23.8 Å². The maximum absolute atomic E-state index is 9.06. The van der Waals surface area contributed by atoms with E-state index < -0.39 is 0 Å². The number of nitrogens with zero attached hydrogens (tertiary/aromatic N) is 1. The molecule has 0 spiro atoms. The Balaban J connectivity index is 2.12. The summed E-state index contributed by atoms with van der Waals surface area (Å²) in [6.07, 6.45) is 0. The van der Waals surface area contributed by atoms with Crippen LogP contribution >= 0.6 is 11.6 Å². The Hall–Kier alpha value is -1.98. The van der Waals surface area contributed by atoms with E-state index in [2.05, 4.69) is 6.07 Å². The van der Waals surface area contributed by atoms with Gasteiger partial charge in [-0.2, -0.15) is 5.26 Å². The van der Waals surface area contributed by atoms with Gasteiger partial charge in [0.25, 0.3) is 0 Å². The third kappa shape index (κ3) is 3.03. The van der Waals surface area contributed by atoms with Gasteiger partial charge in [0, 0.05) is 5.88 Å². The minimum Gasteiger partial charge on any atom is -0.488 e. The van der Waals surface area contributed by atoms with Gasteiger partial charge in [-0.25, -0.2) is 0 Å². The highest BCUT2D eigenvalue weighted by Gasteiger charge is 2.04. The highest BCUT2D eigenvalue weighted by molar-refractivity contribution is 6.17. The van der Waals surface area contributed by atoms with E-state index in [1.165, 1.54) is 0 Å². The van der Waals surface area contributed by atoms with Crippen molar-refractivity contribution in [3.63, 3.8) is 0 Å². The molecule has 0 amide bonds. The van der Waals surface area contributed by atoms with Gasteiger partial charge in [-0.15, -0.1) is 11.6 Å². The van der Waals surface area contributed by atoms with Crippen LogP contribution in [0.5, 0.6) is 5.75 Å². The molecule has 0 bridgehead atoms. The normalized spacial score (nSPS) is 9.78. The van der Waals surface area contributed by atoms with Crippen molar-refractivity contribution in [1.29, 1.82) is 5.26 Å². The lowest BCUT2D eigenvalue weighted by Gasteiger charge is -2.08. The van der Waals surface area contributed by atoms with E-state index >= 15 is 0 Å². The molecule has 3 heteroatoms. The number of nitriles is 1. The number of ether oxygens (including phenoxy) is 1. The Morgan fingerprint density at radius 1 is 1.06 bits per heavy atom. The Morgan fingerprint density at radius 3 is 2.50 bits per heavy atom. The van der Waals surface area contributed by atoms with Crippen molar-refractivity contribution in [3.8, 4) is 11.8 Å². The lowest BCUT2D eigenvalue weighted by atomic mass is 10.1. The number of hydrogen-bond acceptors (Lipinski definition) is 2. The van der Waals surface area contributed by atoms with Crippen LogP contribution in [0.25, 0.3) is 0 Å². The fourth-order valence-electron chi connectivity index (χ4n) is 1.61. The predicted octanol–water partition coefficient (Wildman–Crippen LogP) is 3.88. The zero-order valence-corrected chi connectivity index (χ0v) is 10.5. The van der Waals surface area contributed by atoms with Gasteiger partial charge in [-0.1, -0.05) is 36.4 Å². The van der Waals surface area contributed by atoms with Gasteiger partial charge in [0.15, 0.2) is 0 Å². The van der Waals surface area contributed by atoms with Crippen molar-refractivity contribution in [2.45, 2.75) is 12.5 Å². The molecule has 2 aromatic carbocycles. The molecule has 0 radical (unpaired) electrons. The average molecular weight is 258 g/mol. The SMILES string of the molecule is N#Cc1cc(CCl)ccc1OCc1ccccc1. The summed E-state index contributed by atoms with van der Waals surface area (Å²) in [4.78, 5) is 0. The van der Waals surface area contributed by atoms with Crippen molar-refractivity contribution in [2.24, 2.45) is 0 Å². The zero-order chi connectivity index (χ0) is 12.8. The molecule has 0 aliphatic heterocycles. The molecule has 18 heavy (non-hydrogen) atoms. The second kappa shape index (κ2) is 6.09. The van der Waals surface area contributed by atoms with Crippen molar-refractivity contribution < 1.29 is 4.74 Å². The van der Waals surface area contributed by atoms with Crippen LogP contribution in [0.1, 0.15) is 16.7 Å². The Kier molecular flexibility index (Phi) is 4.22. The van der Waals surface area contributed by atoms with Gasteiger partial charge in [-0.3, -0.25) is 0 Å². The van der Waals surface area contributed by atoms with Crippen LogP contribution < -0.4 is 4.74 Å². The first-order valence-electron chi connectivity index (χ1n) is 5.59. The largest absolute Gasteiger partial charge is 0.488 e. The third-order valence-electron chi connectivity index (χ3n) is 2.56. The summed E-state index contributed by atoms with van der Waals surface area (Å²) in [6, 6.07) is 17.4. The average Bonchev–Trinajstić information content (AvgIpc) is 2.46. The maximum Gasteiger partial charge on any atom is 0.137 e. The molecule has 0 aliphatic carbocycles. The van der Waals surface area contributed by atoms with E-state index in [9.17, 15) is 0 Å². The quantitative estimate of drug-likeness (QED) is 0.779. The summed E-state index contributed by atoms with van der Waals surface area (Å²) in [7, 11) is 0. The number of halogens is 1. The third-order valence-corrected chi connectivity index (χ3v) is 2.86. The first-order valence-corrected chi connectivity index (χ1v) is 6.12. The fraction of sp³-hybridized carbons (Fsp3) is 0.133. The van der Waals surface area contributed by atoms with E-state index in [-0.39, 0.29) is 0 Å². The highest BCUT2D eigenvalue weighted by Crippen LogP contribution is 2.21. The molecular weight excluding hydrogens is 246 g/mol. The molecule has 0 N–H and O–H groups in total. The first-order chi connectivity index (χ1) is 8.83. The zero-order valence-electron chi connectivity index (χ0n) is 9.77. The molecule has 2 aromatic rings. The lowest BCUT2D eigenvalue weighted by Crippen LogP contribution is -1.97. The number of benzene rings is 2. The van der Waals surface area contributed by atoms with Crippen LogP contribution in [-0.4, -0.2) is 0 Å². The van der Waals surface area contributed by atoms with Crippen molar-refractivity contribution in [3.05, 3.63) is 65.2 Å². The van der Waals surface area contributed by atoms with Gasteiger partial charge in [0.05, 0.1) is 5.56 Å². The standard InChI is InChI=1S/C15H12ClNO/c16-9-13-6-7-15(14(8-13)10-17)18-11-12-4-2-1-3-5-12/h1-8H,9,11H2. The van der Waals surface area contributed by atoms with Crippen LogP contribution in [0.15, 0.2) is 48.5 Å².